The second-order valence-electron chi connectivity index (χ2n) is 6.47. The Hall–Kier alpha value is -2.11. The third-order valence-corrected chi connectivity index (χ3v) is 4.54. The first-order valence-electron chi connectivity index (χ1n) is 8.52. The topological polar surface area (TPSA) is 79.5 Å². The summed E-state index contributed by atoms with van der Waals surface area (Å²) in [5.41, 5.74) is 1.96. The van der Waals surface area contributed by atoms with Gasteiger partial charge in [0.1, 0.15) is 5.69 Å². The van der Waals surface area contributed by atoms with Gasteiger partial charge in [-0.15, -0.1) is 0 Å². The number of nitrogens with one attached hydrogen (secondary N) is 1. The van der Waals surface area contributed by atoms with E-state index in [4.69, 9.17) is 4.74 Å². The molecule has 0 bridgehead atoms. The van der Waals surface area contributed by atoms with Crippen LogP contribution in [-0.2, 0) is 9.53 Å². The van der Waals surface area contributed by atoms with Crippen molar-refractivity contribution in [2.24, 2.45) is 0 Å². The maximum absolute atomic E-state index is 12.5. The summed E-state index contributed by atoms with van der Waals surface area (Å²) in [4.78, 5) is 41.2. The van der Waals surface area contributed by atoms with Gasteiger partial charge in [-0.05, 0) is 46.1 Å². The standard InChI is InChI=1S/C18H26N2O4/c1-11-15(13(3)21)12(2)19-16(11)18(23)24-14(4)17(22)20-9-7-5-6-8-10-20/h14,19H,5-10H2,1-4H3/t14-/m1/s1. The van der Waals surface area contributed by atoms with Crippen molar-refractivity contribution in [1.29, 1.82) is 0 Å². The number of aromatic nitrogens is 1. The van der Waals surface area contributed by atoms with Gasteiger partial charge < -0.3 is 14.6 Å². The van der Waals surface area contributed by atoms with E-state index in [2.05, 4.69) is 4.98 Å². The van der Waals surface area contributed by atoms with Crippen LogP contribution in [0.25, 0.3) is 0 Å². The van der Waals surface area contributed by atoms with Gasteiger partial charge in [0.2, 0.25) is 0 Å². The lowest BCUT2D eigenvalue weighted by Gasteiger charge is -2.23. The highest BCUT2D eigenvalue weighted by Gasteiger charge is 2.27. The van der Waals surface area contributed by atoms with Crippen LogP contribution in [0.4, 0.5) is 0 Å². The lowest BCUT2D eigenvalue weighted by molar-refractivity contribution is -0.139. The molecule has 6 nitrogen and oxygen atoms in total. The van der Waals surface area contributed by atoms with Crippen molar-refractivity contribution in [3.63, 3.8) is 0 Å². The number of hydrogen-bond acceptors (Lipinski definition) is 4. The van der Waals surface area contributed by atoms with Crippen LogP contribution < -0.4 is 0 Å². The van der Waals surface area contributed by atoms with Gasteiger partial charge in [-0.25, -0.2) is 4.79 Å². The first kappa shape index (κ1) is 18.2. The summed E-state index contributed by atoms with van der Waals surface area (Å²) in [7, 11) is 0. The fraction of sp³-hybridized carbons (Fsp3) is 0.611. The fourth-order valence-electron chi connectivity index (χ4n) is 3.30. The van der Waals surface area contributed by atoms with E-state index in [1.165, 1.54) is 6.92 Å². The van der Waals surface area contributed by atoms with Gasteiger partial charge in [0.15, 0.2) is 11.9 Å². The number of hydrogen-bond donors (Lipinski definition) is 1. The normalized spacial score (nSPS) is 16.4. The molecule has 1 aliphatic rings. The molecule has 0 saturated carbocycles. The van der Waals surface area contributed by atoms with Crippen LogP contribution in [0.3, 0.4) is 0 Å². The number of H-pyrrole nitrogens is 1. The van der Waals surface area contributed by atoms with Gasteiger partial charge in [-0.1, -0.05) is 12.8 Å². The van der Waals surface area contributed by atoms with Crippen molar-refractivity contribution in [3.05, 3.63) is 22.5 Å². The number of esters is 1. The van der Waals surface area contributed by atoms with Crippen LogP contribution in [0.2, 0.25) is 0 Å². The van der Waals surface area contributed by atoms with Crippen LogP contribution in [0.1, 0.15) is 71.6 Å². The molecular formula is C18H26N2O4. The van der Waals surface area contributed by atoms with Gasteiger partial charge in [-0.2, -0.15) is 0 Å². The molecular weight excluding hydrogens is 308 g/mol. The van der Waals surface area contributed by atoms with Gasteiger partial charge >= 0.3 is 5.97 Å². The van der Waals surface area contributed by atoms with E-state index in [1.54, 1.807) is 25.7 Å². The number of nitrogens with zero attached hydrogens (tertiary/aromatic N) is 1. The minimum atomic E-state index is -0.834. The Morgan fingerprint density at radius 2 is 1.67 bits per heavy atom. The zero-order valence-corrected chi connectivity index (χ0v) is 14.9. The molecule has 1 aromatic rings. The monoisotopic (exact) mass is 334 g/mol. The molecule has 1 atom stereocenters. The number of Topliss-reactive ketones (excluding diaryl/α,β-unsaturated/α-hetero) is 1. The third kappa shape index (κ3) is 3.86. The van der Waals surface area contributed by atoms with Gasteiger partial charge in [-0.3, -0.25) is 9.59 Å². The quantitative estimate of drug-likeness (QED) is 0.678. The molecule has 24 heavy (non-hydrogen) atoms. The summed E-state index contributed by atoms with van der Waals surface area (Å²) in [5, 5.41) is 0. The highest BCUT2D eigenvalue weighted by atomic mass is 16.5. The van der Waals surface area contributed by atoms with Crippen LogP contribution in [-0.4, -0.2) is 46.7 Å². The molecule has 1 aliphatic heterocycles. The van der Waals surface area contributed by atoms with Gasteiger partial charge in [0, 0.05) is 24.3 Å². The van der Waals surface area contributed by atoms with E-state index in [0.717, 1.165) is 38.8 Å². The van der Waals surface area contributed by atoms with Crippen molar-refractivity contribution >= 4 is 17.7 Å². The lowest BCUT2D eigenvalue weighted by atomic mass is 10.1. The molecule has 0 spiro atoms. The fourth-order valence-corrected chi connectivity index (χ4v) is 3.30. The third-order valence-electron chi connectivity index (χ3n) is 4.54. The molecule has 0 aromatic carbocycles. The number of carbonyl (C=O) groups is 3. The second-order valence-corrected chi connectivity index (χ2v) is 6.47. The first-order chi connectivity index (χ1) is 11.3. The highest BCUT2D eigenvalue weighted by molar-refractivity contribution is 6.01. The van der Waals surface area contributed by atoms with E-state index in [1.807, 2.05) is 0 Å². The van der Waals surface area contributed by atoms with E-state index in [0.29, 0.717) is 16.8 Å². The second kappa shape index (κ2) is 7.64. The molecule has 1 aromatic heterocycles. The largest absolute Gasteiger partial charge is 0.448 e. The maximum atomic E-state index is 12.5. The summed E-state index contributed by atoms with van der Waals surface area (Å²) in [6, 6.07) is 0. The Labute approximate surface area is 142 Å². The predicted octanol–water partition coefficient (Wildman–Crippen LogP) is 2.78. The van der Waals surface area contributed by atoms with Crippen molar-refractivity contribution in [2.45, 2.75) is 59.5 Å². The van der Waals surface area contributed by atoms with E-state index in [-0.39, 0.29) is 17.4 Å². The van der Waals surface area contributed by atoms with Crippen LogP contribution >= 0.6 is 0 Å². The summed E-state index contributed by atoms with van der Waals surface area (Å²) in [6.45, 7) is 7.95. The molecule has 6 heteroatoms. The van der Waals surface area contributed by atoms with E-state index >= 15 is 0 Å². The Morgan fingerprint density at radius 3 is 2.17 bits per heavy atom. The Balaban J connectivity index is 2.07. The van der Waals surface area contributed by atoms with Crippen molar-refractivity contribution in [2.75, 3.05) is 13.1 Å². The van der Waals surface area contributed by atoms with Crippen molar-refractivity contribution < 1.29 is 19.1 Å². The van der Waals surface area contributed by atoms with Gasteiger partial charge in [0.25, 0.3) is 5.91 Å². The first-order valence-corrected chi connectivity index (χ1v) is 8.52. The molecule has 1 fully saturated rings. The van der Waals surface area contributed by atoms with Crippen molar-refractivity contribution in [3.8, 4) is 0 Å². The number of rotatable bonds is 4. The maximum Gasteiger partial charge on any atom is 0.355 e. The number of ether oxygens (including phenoxy) is 1. The molecule has 0 aliphatic carbocycles. The minimum absolute atomic E-state index is 0.103. The smallest absolute Gasteiger partial charge is 0.355 e. The average molecular weight is 334 g/mol. The number of likely N-dealkylation sites (tertiary alicyclic amines) is 1. The average Bonchev–Trinajstić information content (AvgIpc) is 2.70. The van der Waals surface area contributed by atoms with Gasteiger partial charge in [0.05, 0.1) is 0 Å². The van der Waals surface area contributed by atoms with Crippen LogP contribution in [0.5, 0.6) is 0 Å². The summed E-state index contributed by atoms with van der Waals surface area (Å²) >= 11 is 0. The highest BCUT2D eigenvalue weighted by Crippen LogP contribution is 2.20. The molecule has 2 rings (SSSR count). The molecule has 0 radical (unpaired) electrons. The van der Waals surface area contributed by atoms with E-state index < -0.39 is 12.1 Å². The van der Waals surface area contributed by atoms with E-state index in [9.17, 15) is 14.4 Å². The molecule has 132 valence electrons. The van der Waals surface area contributed by atoms with Crippen LogP contribution in [0, 0.1) is 13.8 Å². The molecule has 1 amide bonds. The molecule has 0 unspecified atom stereocenters. The molecule has 2 heterocycles. The Bertz CT molecular complexity index is 640. The predicted molar refractivity (Wildman–Crippen MR) is 90.2 cm³/mol. The lowest BCUT2D eigenvalue weighted by Crippen LogP contribution is -2.40. The molecule has 1 N–H and O–H groups in total. The Kier molecular flexibility index (Phi) is 5.80. The number of aromatic amines is 1. The molecule has 1 saturated heterocycles. The summed E-state index contributed by atoms with van der Waals surface area (Å²) < 4.78 is 5.35. The summed E-state index contributed by atoms with van der Waals surface area (Å²) in [6.07, 6.45) is 3.41. The number of aryl methyl sites for hydroxylation is 1. The zero-order valence-electron chi connectivity index (χ0n) is 14.9. The summed E-state index contributed by atoms with van der Waals surface area (Å²) in [5.74, 6) is -0.856. The minimum Gasteiger partial charge on any atom is -0.448 e. The number of amides is 1. The Morgan fingerprint density at radius 1 is 1.08 bits per heavy atom. The SMILES string of the molecule is CC(=O)c1c(C)[nH]c(C(=O)O[C@H](C)C(=O)N2CCCCCC2)c1C. The van der Waals surface area contributed by atoms with Crippen molar-refractivity contribution in [1.82, 2.24) is 9.88 Å². The number of ketones is 1. The van der Waals surface area contributed by atoms with Crippen LogP contribution in [0.15, 0.2) is 0 Å². The number of carbonyl (C=O) groups excluding carboxylic acids is 3. The zero-order chi connectivity index (χ0) is 17.9.